The number of nitrogens with zero attached hydrogens (tertiary/aromatic N) is 4. The number of nitrogens with two attached hydrogens (primary N) is 1. The molecule has 2 rings (SSSR count). The van der Waals surface area contributed by atoms with Gasteiger partial charge in [-0.1, -0.05) is 0 Å². The fourth-order valence-corrected chi connectivity index (χ4v) is 1.78. The van der Waals surface area contributed by atoms with Crippen molar-refractivity contribution in [2.45, 2.75) is 6.42 Å². The third-order valence-electron chi connectivity index (χ3n) is 2.63. The molecule has 0 radical (unpaired) electrons. The molecule has 7 nitrogen and oxygen atoms in total. The van der Waals surface area contributed by atoms with E-state index in [1.807, 2.05) is 6.07 Å². The van der Waals surface area contributed by atoms with Crippen molar-refractivity contribution < 1.29 is 9.90 Å². The number of carbonyl (C=O) groups is 1. The van der Waals surface area contributed by atoms with Gasteiger partial charge in [-0.15, -0.1) is 0 Å². The Morgan fingerprint density at radius 3 is 3.06 bits per heavy atom. The van der Waals surface area contributed by atoms with E-state index in [2.05, 4.69) is 9.97 Å². The van der Waals surface area contributed by atoms with E-state index in [1.165, 1.54) is 11.1 Å². The number of aliphatic hydroxyl groups excluding tert-OH is 1. The molecular weight excluding hydrogens is 222 g/mol. The molecule has 2 heterocycles. The van der Waals surface area contributed by atoms with Crippen LogP contribution in [0.15, 0.2) is 6.20 Å². The van der Waals surface area contributed by atoms with Crippen LogP contribution >= 0.6 is 0 Å². The number of amides is 1. The number of anilines is 2. The van der Waals surface area contributed by atoms with Crippen LogP contribution in [0.25, 0.3) is 0 Å². The molecule has 1 amide bonds. The summed E-state index contributed by atoms with van der Waals surface area (Å²) in [6, 6.07) is 1.92. The molecule has 0 bridgehead atoms. The predicted molar refractivity (Wildman–Crippen MR) is 58.7 cm³/mol. The molecular formula is C10H11N5O2. The van der Waals surface area contributed by atoms with Crippen molar-refractivity contribution in [2.24, 2.45) is 5.92 Å². The Kier molecular flexibility index (Phi) is 2.89. The van der Waals surface area contributed by atoms with E-state index in [1.54, 1.807) is 0 Å². The SMILES string of the molecule is N#Cc1cnc(N)nc1N1CC(CO)CC1=O. The highest BCUT2D eigenvalue weighted by Gasteiger charge is 2.32. The van der Waals surface area contributed by atoms with Gasteiger partial charge in [-0.05, 0) is 0 Å². The fourth-order valence-electron chi connectivity index (χ4n) is 1.78. The second-order valence-corrected chi connectivity index (χ2v) is 3.83. The maximum atomic E-state index is 11.7. The summed E-state index contributed by atoms with van der Waals surface area (Å²) in [5.74, 6) is -0.0518. The van der Waals surface area contributed by atoms with Crippen molar-refractivity contribution >= 4 is 17.7 Å². The summed E-state index contributed by atoms with van der Waals surface area (Å²) in [7, 11) is 0. The lowest BCUT2D eigenvalue weighted by molar-refractivity contribution is -0.117. The lowest BCUT2D eigenvalue weighted by atomic mass is 10.1. The van der Waals surface area contributed by atoms with E-state index in [0.29, 0.717) is 6.54 Å². The van der Waals surface area contributed by atoms with Crippen molar-refractivity contribution in [2.75, 3.05) is 23.8 Å². The van der Waals surface area contributed by atoms with Gasteiger partial charge in [0.25, 0.3) is 0 Å². The van der Waals surface area contributed by atoms with Crippen molar-refractivity contribution in [1.29, 1.82) is 5.26 Å². The first-order valence-electron chi connectivity index (χ1n) is 5.09. The van der Waals surface area contributed by atoms with E-state index in [-0.39, 0.29) is 42.2 Å². The van der Waals surface area contributed by atoms with Crippen LogP contribution in [-0.2, 0) is 4.79 Å². The molecule has 0 aromatic carbocycles. The van der Waals surface area contributed by atoms with Gasteiger partial charge in [0.1, 0.15) is 11.6 Å². The normalized spacial score (nSPS) is 19.4. The Bertz CT molecular complexity index is 496. The number of nitrogen functional groups attached to an aromatic ring is 1. The largest absolute Gasteiger partial charge is 0.396 e. The van der Waals surface area contributed by atoms with Crippen LogP contribution in [0, 0.1) is 17.2 Å². The summed E-state index contributed by atoms with van der Waals surface area (Å²) in [5, 5.41) is 17.9. The van der Waals surface area contributed by atoms with Gasteiger partial charge in [-0.25, -0.2) is 4.98 Å². The molecule has 1 unspecified atom stereocenters. The first kappa shape index (κ1) is 11.3. The van der Waals surface area contributed by atoms with Crippen LogP contribution in [0.1, 0.15) is 12.0 Å². The number of aromatic nitrogens is 2. The van der Waals surface area contributed by atoms with Gasteiger partial charge in [0.05, 0.1) is 6.20 Å². The van der Waals surface area contributed by atoms with E-state index >= 15 is 0 Å². The van der Waals surface area contributed by atoms with Crippen molar-refractivity contribution in [1.82, 2.24) is 9.97 Å². The maximum Gasteiger partial charge on any atom is 0.228 e. The summed E-state index contributed by atoms with van der Waals surface area (Å²) in [6.07, 6.45) is 1.54. The van der Waals surface area contributed by atoms with Gasteiger partial charge in [-0.2, -0.15) is 10.2 Å². The third-order valence-corrected chi connectivity index (χ3v) is 2.63. The smallest absolute Gasteiger partial charge is 0.228 e. The minimum absolute atomic E-state index is 0.0132. The minimum Gasteiger partial charge on any atom is -0.396 e. The van der Waals surface area contributed by atoms with Crippen LogP contribution in [0.2, 0.25) is 0 Å². The van der Waals surface area contributed by atoms with Crippen molar-refractivity contribution in [3.8, 4) is 6.07 Å². The molecule has 1 aliphatic rings. The number of carbonyl (C=O) groups excluding carboxylic acids is 1. The van der Waals surface area contributed by atoms with Crippen LogP contribution in [-0.4, -0.2) is 34.1 Å². The number of hydrogen-bond donors (Lipinski definition) is 2. The van der Waals surface area contributed by atoms with Gasteiger partial charge in [0, 0.05) is 25.5 Å². The maximum absolute atomic E-state index is 11.7. The van der Waals surface area contributed by atoms with Gasteiger partial charge >= 0.3 is 0 Å². The van der Waals surface area contributed by atoms with Crippen LogP contribution in [0.5, 0.6) is 0 Å². The van der Waals surface area contributed by atoms with E-state index in [0.717, 1.165) is 0 Å². The highest BCUT2D eigenvalue weighted by Crippen LogP contribution is 2.25. The van der Waals surface area contributed by atoms with Crippen molar-refractivity contribution in [3.05, 3.63) is 11.8 Å². The monoisotopic (exact) mass is 233 g/mol. The zero-order chi connectivity index (χ0) is 12.4. The van der Waals surface area contributed by atoms with E-state index < -0.39 is 0 Å². The molecule has 1 atom stereocenters. The molecule has 1 aromatic rings. The molecule has 0 spiro atoms. The van der Waals surface area contributed by atoms with E-state index in [9.17, 15) is 4.79 Å². The molecule has 0 saturated carbocycles. The second kappa shape index (κ2) is 4.35. The Morgan fingerprint density at radius 2 is 2.47 bits per heavy atom. The van der Waals surface area contributed by atoms with Gasteiger partial charge in [0.15, 0.2) is 5.82 Å². The second-order valence-electron chi connectivity index (χ2n) is 3.83. The van der Waals surface area contributed by atoms with Crippen molar-refractivity contribution in [3.63, 3.8) is 0 Å². The lowest BCUT2D eigenvalue weighted by Crippen LogP contribution is -2.27. The Balaban J connectivity index is 2.37. The highest BCUT2D eigenvalue weighted by atomic mass is 16.3. The first-order valence-corrected chi connectivity index (χ1v) is 5.09. The van der Waals surface area contributed by atoms with Crippen LogP contribution in [0.3, 0.4) is 0 Å². The number of hydrogen-bond acceptors (Lipinski definition) is 6. The Hall–Kier alpha value is -2.20. The quantitative estimate of drug-likeness (QED) is 0.696. The lowest BCUT2D eigenvalue weighted by Gasteiger charge is -2.16. The first-order chi connectivity index (χ1) is 8.15. The molecule has 1 saturated heterocycles. The standard InChI is InChI=1S/C10H11N5O2/c11-2-7-3-13-10(12)14-9(7)15-4-6(5-16)1-8(15)17/h3,6,16H,1,4-5H2,(H2,12,13,14). The van der Waals surface area contributed by atoms with Crippen LogP contribution in [0.4, 0.5) is 11.8 Å². The molecule has 17 heavy (non-hydrogen) atoms. The van der Waals surface area contributed by atoms with Gasteiger partial charge in [0.2, 0.25) is 11.9 Å². The molecule has 1 aromatic heterocycles. The summed E-state index contributed by atoms with van der Waals surface area (Å²) < 4.78 is 0. The summed E-state index contributed by atoms with van der Waals surface area (Å²) in [6.45, 7) is 0.283. The van der Waals surface area contributed by atoms with E-state index in [4.69, 9.17) is 16.1 Å². The summed E-state index contributed by atoms with van der Waals surface area (Å²) in [5.41, 5.74) is 5.64. The molecule has 7 heteroatoms. The summed E-state index contributed by atoms with van der Waals surface area (Å²) >= 11 is 0. The third kappa shape index (κ3) is 2.03. The number of aliphatic hydroxyl groups is 1. The van der Waals surface area contributed by atoms with Gasteiger partial charge < -0.3 is 10.8 Å². The number of nitriles is 1. The fraction of sp³-hybridized carbons (Fsp3) is 0.400. The average Bonchev–Trinajstić information content (AvgIpc) is 2.70. The average molecular weight is 233 g/mol. The predicted octanol–water partition coefficient (Wildman–Crippen LogP) is -0.724. The molecule has 0 aliphatic carbocycles. The zero-order valence-corrected chi connectivity index (χ0v) is 9.00. The highest BCUT2D eigenvalue weighted by molar-refractivity contribution is 5.96. The number of rotatable bonds is 2. The van der Waals surface area contributed by atoms with Gasteiger partial charge in [-0.3, -0.25) is 9.69 Å². The minimum atomic E-state index is -0.168. The molecule has 1 aliphatic heterocycles. The Morgan fingerprint density at radius 1 is 1.71 bits per heavy atom. The Labute approximate surface area is 97.5 Å². The molecule has 3 N–H and O–H groups in total. The summed E-state index contributed by atoms with van der Waals surface area (Å²) in [4.78, 5) is 20.7. The molecule has 88 valence electrons. The molecule has 1 fully saturated rings. The van der Waals surface area contributed by atoms with Crippen LogP contribution < -0.4 is 10.6 Å². The zero-order valence-electron chi connectivity index (χ0n) is 9.00. The topological polar surface area (TPSA) is 116 Å².